The van der Waals surface area contributed by atoms with Gasteiger partial charge >= 0.3 is 5.69 Å². The molecule has 162 valence electrons. The lowest BCUT2D eigenvalue weighted by molar-refractivity contribution is -0.118. The van der Waals surface area contributed by atoms with Gasteiger partial charge in [-0.15, -0.1) is 0 Å². The quantitative estimate of drug-likeness (QED) is 0.440. The molecule has 0 atom stereocenters. The van der Waals surface area contributed by atoms with Crippen LogP contribution in [0.25, 0.3) is 21.4 Å². The van der Waals surface area contributed by atoms with Gasteiger partial charge in [0.2, 0.25) is 0 Å². The molecule has 0 N–H and O–H groups in total. The fourth-order valence-electron chi connectivity index (χ4n) is 3.37. The zero-order valence-electron chi connectivity index (χ0n) is 17.0. The van der Waals surface area contributed by atoms with E-state index in [9.17, 15) is 18.8 Å². The van der Waals surface area contributed by atoms with Crippen molar-refractivity contribution in [1.29, 1.82) is 0 Å². The van der Waals surface area contributed by atoms with E-state index in [0.29, 0.717) is 28.2 Å². The molecule has 1 amide bonds. The van der Waals surface area contributed by atoms with Crippen molar-refractivity contribution in [3.63, 3.8) is 0 Å². The Morgan fingerprint density at radius 3 is 2.74 bits per heavy atom. The molecule has 0 saturated heterocycles. The molecule has 0 aliphatic rings. The molecule has 4 rings (SSSR count). The lowest BCUT2D eigenvalue weighted by Gasteiger charge is -2.06. The molecule has 1 aromatic carbocycles. The third kappa shape index (κ3) is 3.53. The van der Waals surface area contributed by atoms with Crippen molar-refractivity contribution in [3.05, 3.63) is 56.0 Å². The van der Waals surface area contributed by atoms with Crippen molar-refractivity contribution in [3.8, 4) is 0 Å². The highest BCUT2D eigenvalue weighted by molar-refractivity contribution is 7.16. The summed E-state index contributed by atoms with van der Waals surface area (Å²) in [6, 6.07) is 4.70. The van der Waals surface area contributed by atoms with Gasteiger partial charge in [0.1, 0.15) is 12.4 Å². The molecule has 10 nitrogen and oxygen atoms in total. The molecule has 4 aromatic rings. The Morgan fingerprint density at radius 2 is 2.00 bits per heavy atom. The number of nitrogens with zero attached hydrogens (tertiary/aromatic N) is 6. The lowest BCUT2D eigenvalue weighted by atomic mass is 10.3. The first-order valence-corrected chi connectivity index (χ1v) is 10.1. The maximum absolute atomic E-state index is 14.4. The van der Waals surface area contributed by atoms with Crippen molar-refractivity contribution >= 4 is 38.6 Å². The summed E-state index contributed by atoms with van der Waals surface area (Å²) in [5.74, 6) is -0.961. The van der Waals surface area contributed by atoms with Crippen molar-refractivity contribution < 1.29 is 13.9 Å². The van der Waals surface area contributed by atoms with Gasteiger partial charge in [-0.25, -0.2) is 14.2 Å². The summed E-state index contributed by atoms with van der Waals surface area (Å²) in [6.07, 6.45) is 1.32. The van der Waals surface area contributed by atoms with E-state index >= 15 is 0 Å². The van der Waals surface area contributed by atoms with Gasteiger partial charge in [-0.05, 0) is 12.1 Å². The van der Waals surface area contributed by atoms with Crippen LogP contribution in [-0.2, 0) is 36.7 Å². The second kappa shape index (κ2) is 8.04. The van der Waals surface area contributed by atoms with E-state index in [-0.39, 0.29) is 17.7 Å². The van der Waals surface area contributed by atoms with Crippen LogP contribution < -0.4 is 16.1 Å². The van der Waals surface area contributed by atoms with E-state index in [4.69, 9.17) is 4.74 Å². The summed E-state index contributed by atoms with van der Waals surface area (Å²) in [5, 5.41) is 0. The van der Waals surface area contributed by atoms with Crippen LogP contribution >= 0.6 is 11.3 Å². The number of para-hydroxylation sites is 1. The predicted octanol–water partition coefficient (Wildman–Crippen LogP) is 0.363. The van der Waals surface area contributed by atoms with Crippen LogP contribution in [0.2, 0.25) is 0 Å². The number of carbonyl (C=O) groups excluding carboxylic acids is 1. The third-order valence-electron chi connectivity index (χ3n) is 4.91. The van der Waals surface area contributed by atoms with Gasteiger partial charge in [0, 0.05) is 27.7 Å². The number of aromatic nitrogens is 5. The highest BCUT2D eigenvalue weighted by Gasteiger charge is 2.17. The summed E-state index contributed by atoms with van der Waals surface area (Å²) in [7, 11) is 4.39. The number of amides is 1. The minimum Gasteiger partial charge on any atom is -0.383 e. The van der Waals surface area contributed by atoms with Crippen LogP contribution in [0.5, 0.6) is 0 Å². The normalized spacial score (nSPS) is 12.3. The number of hydrogen-bond donors (Lipinski definition) is 0. The van der Waals surface area contributed by atoms with Gasteiger partial charge in [-0.3, -0.25) is 18.7 Å². The summed E-state index contributed by atoms with van der Waals surface area (Å²) in [5.41, 5.74) is -0.399. The fourth-order valence-corrected chi connectivity index (χ4v) is 4.45. The number of benzene rings is 1. The molecule has 0 aliphatic heterocycles. The SMILES string of the molecule is COCCn1c(=NC(=O)Cn2cnc3c2c(=O)n(C)c(=O)n3C)sc2cccc(F)c21. The molecule has 0 unspecified atom stereocenters. The van der Waals surface area contributed by atoms with Crippen molar-refractivity contribution in [2.45, 2.75) is 13.1 Å². The number of ether oxygens (including phenoxy) is 1. The van der Waals surface area contributed by atoms with Gasteiger partial charge in [0.15, 0.2) is 16.0 Å². The average molecular weight is 446 g/mol. The van der Waals surface area contributed by atoms with Crippen LogP contribution in [-0.4, -0.2) is 42.9 Å². The second-order valence-electron chi connectivity index (χ2n) is 6.87. The van der Waals surface area contributed by atoms with Gasteiger partial charge in [0.25, 0.3) is 11.5 Å². The van der Waals surface area contributed by atoms with Gasteiger partial charge in [0.05, 0.1) is 23.2 Å². The number of imidazole rings is 1. The van der Waals surface area contributed by atoms with Crippen molar-refractivity contribution in [2.75, 3.05) is 13.7 Å². The first-order valence-electron chi connectivity index (χ1n) is 9.28. The summed E-state index contributed by atoms with van der Waals surface area (Å²) < 4.78 is 25.3. The van der Waals surface area contributed by atoms with Crippen LogP contribution in [0.3, 0.4) is 0 Å². The first kappa shape index (κ1) is 20.9. The molecule has 12 heteroatoms. The molecule has 3 heterocycles. The number of hydrogen-bond acceptors (Lipinski definition) is 6. The fraction of sp³-hybridized carbons (Fsp3) is 0.316. The minimum atomic E-state index is -0.553. The number of carbonyl (C=O) groups is 1. The molecular weight excluding hydrogens is 427 g/mol. The van der Waals surface area contributed by atoms with Crippen LogP contribution in [0.4, 0.5) is 4.39 Å². The van der Waals surface area contributed by atoms with E-state index in [2.05, 4.69) is 9.98 Å². The topological polar surface area (TPSA) is 105 Å². The number of rotatable bonds is 5. The van der Waals surface area contributed by atoms with E-state index < -0.39 is 23.0 Å². The van der Waals surface area contributed by atoms with E-state index in [1.165, 1.54) is 54.1 Å². The smallest absolute Gasteiger partial charge is 0.332 e. The maximum Gasteiger partial charge on any atom is 0.332 e. The van der Waals surface area contributed by atoms with E-state index in [0.717, 1.165) is 4.57 Å². The second-order valence-corrected chi connectivity index (χ2v) is 7.88. The highest BCUT2D eigenvalue weighted by atomic mass is 32.1. The number of fused-ring (bicyclic) bond motifs is 2. The number of methoxy groups -OCH3 is 1. The number of halogens is 1. The van der Waals surface area contributed by atoms with Gasteiger partial charge in [-0.2, -0.15) is 4.99 Å². The van der Waals surface area contributed by atoms with E-state index in [1.807, 2.05) is 0 Å². The number of aryl methyl sites for hydroxylation is 1. The number of thiazole rings is 1. The molecule has 31 heavy (non-hydrogen) atoms. The zero-order chi connectivity index (χ0) is 22.3. The largest absolute Gasteiger partial charge is 0.383 e. The monoisotopic (exact) mass is 446 g/mol. The Hall–Kier alpha value is -3.38. The Bertz CT molecular complexity index is 1510. The molecule has 0 aliphatic carbocycles. The average Bonchev–Trinajstić information content (AvgIpc) is 3.31. The van der Waals surface area contributed by atoms with Crippen molar-refractivity contribution in [2.24, 2.45) is 19.1 Å². The molecule has 0 bridgehead atoms. The van der Waals surface area contributed by atoms with Crippen molar-refractivity contribution in [1.82, 2.24) is 23.3 Å². The Kier molecular flexibility index (Phi) is 5.41. The molecular formula is C19H19FN6O4S. The molecule has 0 spiro atoms. The molecule has 3 aromatic heterocycles. The Labute approximate surface area is 178 Å². The zero-order valence-corrected chi connectivity index (χ0v) is 17.8. The third-order valence-corrected chi connectivity index (χ3v) is 5.96. The molecule has 0 fully saturated rings. The Morgan fingerprint density at radius 1 is 1.23 bits per heavy atom. The summed E-state index contributed by atoms with van der Waals surface area (Å²) in [4.78, 5) is 45.9. The Balaban J connectivity index is 1.79. The maximum atomic E-state index is 14.4. The highest BCUT2D eigenvalue weighted by Crippen LogP contribution is 2.20. The van der Waals surface area contributed by atoms with Crippen LogP contribution in [0, 0.1) is 5.82 Å². The van der Waals surface area contributed by atoms with Crippen LogP contribution in [0.15, 0.2) is 39.1 Å². The van der Waals surface area contributed by atoms with Gasteiger partial charge in [-0.1, -0.05) is 17.4 Å². The lowest BCUT2D eigenvalue weighted by Crippen LogP contribution is -2.37. The van der Waals surface area contributed by atoms with E-state index in [1.54, 1.807) is 16.7 Å². The van der Waals surface area contributed by atoms with Gasteiger partial charge < -0.3 is 13.9 Å². The minimum absolute atomic E-state index is 0.128. The predicted molar refractivity (Wildman–Crippen MR) is 112 cm³/mol. The summed E-state index contributed by atoms with van der Waals surface area (Å²) >= 11 is 1.19. The molecule has 0 saturated carbocycles. The summed E-state index contributed by atoms with van der Waals surface area (Å²) in [6.45, 7) is 0.378. The standard InChI is InChI=1S/C19H19FN6O4S/c1-23-16-15(17(28)24(2)19(23)29)25(10-21-16)9-13(27)22-18-26(7-8-30-3)14-11(20)5-4-6-12(14)31-18/h4-6,10H,7-9H2,1-3H3. The van der Waals surface area contributed by atoms with Crippen LogP contribution in [0.1, 0.15) is 0 Å². The molecule has 0 radical (unpaired) electrons. The first-order chi connectivity index (χ1) is 14.8.